The van der Waals surface area contributed by atoms with Gasteiger partial charge in [0.25, 0.3) is 0 Å². The molecule has 1 aliphatic heterocycles. The largest absolute Gasteiger partial charge is 0.356 e. The lowest BCUT2D eigenvalue weighted by Gasteiger charge is -2.32. The molecule has 0 bridgehead atoms. The highest BCUT2D eigenvalue weighted by Gasteiger charge is 2.25. The molecule has 0 spiro atoms. The molecule has 3 nitrogen and oxygen atoms in total. The van der Waals surface area contributed by atoms with Crippen LogP contribution in [0.15, 0.2) is 24.3 Å². The summed E-state index contributed by atoms with van der Waals surface area (Å²) in [5.74, 6) is 0.421. The molecule has 0 aromatic heterocycles. The van der Waals surface area contributed by atoms with Gasteiger partial charge in [-0.3, -0.25) is 9.69 Å². The van der Waals surface area contributed by atoms with Crippen molar-refractivity contribution in [2.24, 2.45) is 5.92 Å². The quantitative estimate of drug-likeness (QED) is 0.782. The summed E-state index contributed by atoms with van der Waals surface area (Å²) < 4.78 is 0. The van der Waals surface area contributed by atoms with Crippen LogP contribution in [-0.4, -0.2) is 30.4 Å². The third kappa shape index (κ3) is 5.13. The summed E-state index contributed by atoms with van der Waals surface area (Å²) in [6.07, 6.45) is 5.65. The summed E-state index contributed by atoms with van der Waals surface area (Å²) in [6.45, 7) is 8.15. The topological polar surface area (TPSA) is 32.3 Å². The molecule has 1 aliphatic rings. The molecular weight excluding hydrogens is 272 g/mol. The third-order valence-electron chi connectivity index (χ3n) is 4.61. The molecule has 1 atom stereocenters. The SMILES string of the molecule is CCCCCNC(=O)C1CCCN(Cc2ccccc2C)C1. The van der Waals surface area contributed by atoms with Gasteiger partial charge in [-0.2, -0.15) is 0 Å². The number of carbonyl (C=O) groups is 1. The van der Waals surface area contributed by atoms with E-state index in [0.717, 1.165) is 45.4 Å². The molecule has 3 heteroatoms. The number of nitrogens with one attached hydrogen (secondary N) is 1. The Morgan fingerprint density at radius 2 is 2.14 bits per heavy atom. The second kappa shape index (κ2) is 8.94. The molecule has 1 saturated heterocycles. The van der Waals surface area contributed by atoms with Gasteiger partial charge in [0.2, 0.25) is 5.91 Å². The molecule has 22 heavy (non-hydrogen) atoms. The molecule has 0 saturated carbocycles. The molecule has 1 fully saturated rings. The number of carbonyl (C=O) groups excluding carboxylic acids is 1. The fourth-order valence-corrected chi connectivity index (χ4v) is 3.17. The number of aryl methyl sites for hydroxylation is 1. The van der Waals surface area contributed by atoms with E-state index in [4.69, 9.17) is 0 Å². The average molecular weight is 302 g/mol. The van der Waals surface area contributed by atoms with E-state index in [0.29, 0.717) is 0 Å². The molecule has 0 aliphatic carbocycles. The van der Waals surface area contributed by atoms with Gasteiger partial charge in [0.1, 0.15) is 0 Å². The van der Waals surface area contributed by atoms with Crippen LogP contribution in [0.5, 0.6) is 0 Å². The van der Waals surface area contributed by atoms with Crippen molar-refractivity contribution < 1.29 is 4.79 Å². The molecule has 1 unspecified atom stereocenters. The van der Waals surface area contributed by atoms with E-state index in [1.54, 1.807) is 0 Å². The standard InChI is InChI=1S/C19H30N2O/c1-3-4-7-12-20-19(22)18-11-8-13-21(15-18)14-17-10-6-5-9-16(17)2/h5-6,9-10,18H,3-4,7-8,11-15H2,1-2H3,(H,20,22). The summed E-state index contributed by atoms with van der Waals surface area (Å²) in [5.41, 5.74) is 2.72. The number of likely N-dealkylation sites (tertiary alicyclic amines) is 1. The predicted molar refractivity (Wildman–Crippen MR) is 91.7 cm³/mol. The first-order valence-corrected chi connectivity index (χ1v) is 8.75. The van der Waals surface area contributed by atoms with Gasteiger partial charge in [0.15, 0.2) is 0 Å². The molecule has 1 aromatic rings. The highest BCUT2D eigenvalue weighted by Crippen LogP contribution is 2.20. The Morgan fingerprint density at radius 3 is 2.91 bits per heavy atom. The van der Waals surface area contributed by atoms with Gasteiger partial charge < -0.3 is 5.32 Å². The van der Waals surface area contributed by atoms with E-state index in [-0.39, 0.29) is 11.8 Å². The van der Waals surface area contributed by atoms with Crippen LogP contribution in [0.3, 0.4) is 0 Å². The van der Waals surface area contributed by atoms with E-state index >= 15 is 0 Å². The summed E-state index contributed by atoms with van der Waals surface area (Å²) in [7, 11) is 0. The molecule has 122 valence electrons. The summed E-state index contributed by atoms with van der Waals surface area (Å²) in [5, 5.41) is 3.12. The van der Waals surface area contributed by atoms with Crippen molar-refractivity contribution in [3.05, 3.63) is 35.4 Å². The molecule has 1 heterocycles. The van der Waals surface area contributed by atoms with Gasteiger partial charge in [0.05, 0.1) is 5.92 Å². The smallest absolute Gasteiger partial charge is 0.224 e. The number of hydrogen-bond donors (Lipinski definition) is 1. The Labute approximate surface area is 135 Å². The first-order chi connectivity index (χ1) is 10.7. The Kier molecular flexibility index (Phi) is 6.91. The van der Waals surface area contributed by atoms with E-state index in [9.17, 15) is 4.79 Å². The Bertz CT molecular complexity index is 472. The van der Waals surface area contributed by atoms with Gasteiger partial charge in [-0.25, -0.2) is 0 Å². The number of amides is 1. The van der Waals surface area contributed by atoms with Crippen molar-refractivity contribution in [3.63, 3.8) is 0 Å². The minimum Gasteiger partial charge on any atom is -0.356 e. The van der Waals surface area contributed by atoms with Crippen molar-refractivity contribution in [2.45, 2.75) is 52.5 Å². The monoisotopic (exact) mass is 302 g/mol. The Hall–Kier alpha value is -1.35. The fraction of sp³-hybridized carbons (Fsp3) is 0.632. The van der Waals surface area contributed by atoms with Gasteiger partial charge in [0, 0.05) is 19.6 Å². The second-order valence-electron chi connectivity index (χ2n) is 6.50. The van der Waals surface area contributed by atoms with Crippen molar-refractivity contribution in [1.29, 1.82) is 0 Å². The van der Waals surface area contributed by atoms with E-state index in [2.05, 4.69) is 48.3 Å². The van der Waals surface area contributed by atoms with Crippen molar-refractivity contribution in [3.8, 4) is 0 Å². The fourth-order valence-electron chi connectivity index (χ4n) is 3.17. The molecule has 0 radical (unpaired) electrons. The lowest BCUT2D eigenvalue weighted by molar-refractivity contribution is -0.126. The molecule has 1 amide bonds. The van der Waals surface area contributed by atoms with E-state index in [1.807, 2.05) is 0 Å². The van der Waals surface area contributed by atoms with Crippen LogP contribution in [0.25, 0.3) is 0 Å². The van der Waals surface area contributed by atoms with Crippen LogP contribution in [0, 0.1) is 12.8 Å². The maximum Gasteiger partial charge on any atom is 0.224 e. The van der Waals surface area contributed by atoms with E-state index < -0.39 is 0 Å². The van der Waals surface area contributed by atoms with Crippen LogP contribution in [0.2, 0.25) is 0 Å². The number of nitrogens with zero attached hydrogens (tertiary/aromatic N) is 1. The minimum absolute atomic E-state index is 0.166. The zero-order valence-electron chi connectivity index (χ0n) is 14.1. The van der Waals surface area contributed by atoms with Gasteiger partial charge >= 0.3 is 0 Å². The van der Waals surface area contributed by atoms with Gasteiger partial charge in [-0.15, -0.1) is 0 Å². The van der Waals surface area contributed by atoms with Gasteiger partial charge in [-0.1, -0.05) is 44.0 Å². The maximum absolute atomic E-state index is 12.3. The van der Waals surface area contributed by atoms with Crippen LogP contribution in [-0.2, 0) is 11.3 Å². The minimum atomic E-state index is 0.166. The number of rotatable bonds is 7. The zero-order valence-corrected chi connectivity index (χ0v) is 14.1. The molecular formula is C19H30N2O. The summed E-state index contributed by atoms with van der Waals surface area (Å²) in [6, 6.07) is 8.55. The molecule has 2 rings (SSSR count). The number of piperidine rings is 1. The van der Waals surface area contributed by atoms with Crippen LogP contribution in [0.1, 0.15) is 50.2 Å². The first-order valence-electron chi connectivity index (χ1n) is 8.75. The Morgan fingerprint density at radius 1 is 1.32 bits per heavy atom. The average Bonchev–Trinajstić information content (AvgIpc) is 2.54. The molecule has 1 aromatic carbocycles. The summed E-state index contributed by atoms with van der Waals surface area (Å²) in [4.78, 5) is 14.7. The van der Waals surface area contributed by atoms with Crippen molar-refractivity contribution >= 4 is 5.91 Å². The van der Waals surface area contributed by atoms with E-state index in [1.165, 1.54) is 24.0 Å². The highest BCUT2D eigenvalue weighted by atomic mass is 16.1. The van der Waals surface area contributed by atoms with Crippen molar-refractivity contribution in [2.75, 3.05) is 19.6 Å². The zero-order chi connectivity index (χ0) is 15.8. The maximum atomic E-state index is 12.3. The number of unbranched alkanes of at least 4 members (excludes halogenated alkanes) is 2. The van der Waals surface area contributed by atoms with Crippen LogP contribution in [0.4, 0.5) is 0 Å². The Balaban J connectivity index is 1.81. The lowest BCUT2D eigenvalue weighted by Crippen LogP contribution is -2.43. The number of benzene rings is 1. The van der Waals surface area contributed by atoms with Crippen LogP contribution >= 0.6 is 0 Å². The lowest BCUT2D eigenvalue weighted by atomic mass is 9.96. The number of hydrogen-bond acceptors (Lipinski definition) is 2. The summed E-state index contributed by atoms with van der Waals surface area (Å²) >= 11 is 0. The molecule has 1 N–H and O–H groups in total. The van der Waals surface area contributed by atoms with Crippen LogP contribution < -0.4 is 5.32 Å². The highest BCUT2D eigenvalue weighted by molar-refractivity contribution is 5.78. The van der Waals surface area contributed by atoms with Crippen molar-refractivity contribution in [1.82, 2.24) is 10.2 Å². The second-order valence-corrected chi connectivity index (χ2v) is 6.50. The predicted octanol–water partition coefficient (Wildman–Crippen LogP) is 3.51. The van der Waals surface area contributed by atoms with Gasteiger partial charge in [-0.05, 0) is 43.9 Å². The first kappa shape index (κ1) is 17.0. The third-order valence-corrected chi connectivity index (χ3v) is 4.61. The normalized spacial score (nSPS) is 19.1.